The van der Waals surface area contributed by atoms with E-state index in [1.165, 1.54) is 0 Å². The van der Waals surface area contributed by atoms with E-state index in [0.29, 0.717) is 28.0 Å². The van der Waals surface area contributed by atoms with Gasteiger partial charge in [-0.15, -0.1) is 0 Å². The van der Waals surface area contributed by atoms with Gasteiger partial charge in [-0.3, -0.25) is 0 Å². The Labute approximate surface area is 346 Å². The summed E-state index contributed by atoms with van der Waals surface area (Å²) in [6, 6.07) is 50.3. The van der Waals surface area contributed by atoms with E-state index in [9.17, 15) is 5.48 Å². The number of benzene rings is 10. The fraction of sp³-hybridized carbons (Fsp3) is 0. The van der Waals surface area contributed by atoms with E-state index in [-0.39, 0.29) is 56.8 Å². The van der Waals surface area contributed by atoms with Crippen molar-refractivity contribution in [3.05, 3.63) is 212 Å². The molecule has 0 radical (unpaired) electrons. The molecule has 270 valence electrons. The Morgan fingerprint density at radius 3 is 1.31 bits per heavy atom. The van der Waals surface area contributed by atoms with Crippen molar-refractivity contribution in [1.29, 1.82) is 0 Å². The Balaban J connectivity index is 1.31. The van der Waals surface area contributed by atoms with Gasteiger partial charge < -0.3 is 8.98 Å². The third-order valence-corrected chi connectivity index (χ3v) is 11.4. The molecular formula is C56H35NO. The molecule has 0 aliphatic heterocycles. The summed E-state index contributed by atoms with van der Waals surface area (Å²) < 4.78 is 84.6. The lowest BCUT2D eigenvalue weighted by molar-refractivity contribution is 0.666. The molecule has 0 fully saturated rings. The second-order valence-electron chi connectivity index (χ2n) is 14.6. The first kappa shape index (κ1) is 25.5. The first-order valence-corrected chi connectivity index (χ1v) is 19.3. The molecule has 10 aromatic carbocycles. The van der Waals surface area contributed by atoms with Crippen LogP contribution in [0.1, 0.15) is 11.0 Å². The Bertz CT molecular complexity index is 3830. The molecule has 12 rings (SSSR count). The highest BCUT2D eigenvalue weighted by molar-refractivity contribution is 6.23. The fourth-order valence-electron chi connectivity index (χ4n) is 8.87. The predicted molar refractivity (Wildman–Crippen MR) is 245 cm³/mol. The van der Waals surface area contributed by atoms with Gasteiger partial charge in [-0.1, -0.05) is 164 Å². The molecule has 0 spiro atoms. The number of hydrogen-bond acceptors (Lipinski definition) is 1. The van der Waals surface area contributed by atoms with Crippen LogP contribution in [0.4, 0.5) is 0 Å². The van der Waals surface area contributed by atoms with Gasteiger partial charge in [0.15, 0.2) is 5.58 Å². The Hall–Kier alpha value is -7.68. The van der Waals surface area contributed by atoms with Gasteiger partial charge >= 0.3 is 0 Å². The van der Waals surface area contributed by atoms with Gasteiger partial charge in [0.1, 0.15) is 5.58 Å². The minimum atomic E-state index is -0.458. The number of hydrogen-bond donors (Lipinski definition) is 0. The summed E-state index contributed by atoms with van der Waals surface area (Å²) >= 11 is 0. The van der Waals surface area contributed by atoms with Crippen molar-refractivity contribution in [3.8, 4) is 50.2 Å². The standard InChI is InChI=1S/C56H35NO/c1-3-17-36(18-4-1)38-31-39(37-19-5-2-6-20-37)33-40(32-38)54-45-24-7-9-26-47(45)55(48-27-10-8-25-46(48)54)41-34-49-44-23-13-16-30-53(44)58-56(49)52(35-41)57-50-28-14-11-21-42(50)43-22-12-15-29-51(43)57/h1-35H/i7D,8D,9D,10D,24D,25D,26D,27D. The Morgan fingerprint density at radius 1 is 0.345 bits per heavy atom. The van der Waals surface area contributed by atoms with Crippen LogP contribution in [0.15, 0.2) is 217 Å². The lowest BCUT2D eigenvalue weighted by Crippen LogP contribution is -1.97. The van der Waals surface area contributed by atoms with Gasteiger partial charge in [0.25, 0.3) is 0 Å². The Kier molecular flexibility index (Phi) is 5.68. The van der Waals surface area contributed by atoms with Crippen LogP contribution in [0.5, 0.6) is 0 Å². The molecule has 2 heteroatoms. The SMILES string of the molecule is [2H]c1c([2H])c([2H])c2c(-c3cc(-n4c5ccccc5c5ccccc54)c4oc5ccccc5c4c3)c3c([2H])c([2H])c([2H])c([2H])c3c(-c3cc(-c4ccccc4)cc(-c4ccccc4)c3)c2c1[2H]. The van der Waals surface area contributed by atoms with E-state index in [2.05, 4.69) is 34.9 Å². The molecule has 0 unspecified atom stereocenters. The molecule has 0 aliphatic carbocycles. The number of fused-ring (bicyclic) bond motifs is 8. The van der Waals surface area contributed by atoms with E-state index < -0.39 is 24.2 Å². The third kappa shape index (κ3) is 4.99. The molecule has 0 saturated heterocycles. The summed E-state index contributed by atoms with van der Waals surface area (Å²) in [5, 5.41) is 4.17. The maximum atomic E-state index is 9.79. The van der Waals surface area contributed by atoms with Crippen molar-refractivity contribution in [2.75, 3.05) is 0 Å². The molecule has 0 amide bonds. The van der Waals surface area contributed by atoms with E-state index in [0.717, 1.165) is 54.8 Å². The van der Waals surface area contributed by atoms with Crippen LogP contribution in [0, 0.1) is 0 Å². The van der Waals surface area contributed by atoms with Gasteiger partial charge in [0.05, 0.1) is 27.7 Å². The smallest absolute Gasteiger partial charge is 0.159 e. The van der Waals surface area contributed by atoms with Gasteiger partial charge in [-0.25, -0.2) is 0 Å². The number of nitrogens with zero attached hydrogens (tertiary/aromatic N) is 1. The van der Waals surface area contributed by atoms with Crippen LogP contribution < -0.4 is 0 Å². The molecule has 0 saturated carbocycles. The number of aromatic nitrogens is 1. The minimum absolute atomic E-state index is 0.139. The van der Waals surface area contributed by atoms with Crippen molar-refractivity contribution in [2.24, 2.45) is 0 Å². The average Bonchev–Trinajstić information content (AvgIpc) is 3.91. The van der Waals surface area contributed by atoms with Crippen molar-refractivity contribution in [2.45, 2.75) is 0 Å². The van der Waals surface area contributed by atoms with Gasteiger partial charge in [-0.2, -0.15) is 0 Å². The summed E-state index contributed by atoms with van der Waals surface area (Å²) in [6.07, 6.45) is 0. The first-order valence-electron chi connectivity index (χ1n) is 23.3. The van der Waals surface area contributed by atoms with E-state index >= 15 is 0 Å². The van der Waals surface area contributed by atoms with Gasteiger partial charge in [-0.05, 0) is 115 Å². The molecule has 2 heterocycles. The van der Waals surface area contributed by atoms with Crippen LogP contribution in [0.2, 0.25) is 0 Å². The summed E-state index contributed by atoms with van der Waals surface area (Å²) in [4.78, 5) is 0. The lowest BCUT2D eigenvalue weighted by atomic mass is 9.84. The zero-order valence-corrected chi connectivity index (χ0v) is 30.9. The molecule has 12 aromatic rings. The van der Waals surface area contributed by atoms with E-state index in [4.69, 9.17) is 9.90 Å². The summed E-state index contributed by atoms with van der Waals surface area (Å²) in [7, 11) is 0. The van der Waals surface area contributed by atoms with Gasteiger partial charge in [0.2, 0.25) is 0 Å². The highest BCUT2D eigenvalue weighted by Crippen LogP contribution is 2.48. The van der Waals surface area contributed by atoms with Crippen LogP contribution in [0.3, 0.4) is 0 Å². The molecule has 0 aliphatic rings. The molecule has 0 N–H and O–H groups in total. The fourth-order valence-corrected chi connectivity index (χ4v) is 8.87. The lowest BCUT2D eigenvalue weighted by Gasteiger charge is -2.20. The Morgan fingerprint density at radius 2 is 0.776 bits per heavy atom. The second-order valence-corrected chi connectivity index (χ2v) is 14.6. The largest absolute Gasteiger partial charge is 0.454 e. The topological polar surface area (TPSA) is 18.1 Å². The third-order valence-electron chi connectivity index (χ3n) is 11.4. The maximum Gasteiger partial charge on any atom is 0.159 e. The summed E-state index contributed by atoms with van der Waals surface area (Å²) in [5.74, 6) is 0. The quantitative estimate of drug-likeness (QED) is 0.160. The number of furan rings is 1. The van der Waals surface area contributed by atoms with E-state index in [1.54, 1.807) is 0 Å². The van der Waals surface area contributed by atoms with Gasteiger partial charge in [0, 0.05) is 21.5 Å². The summed E-state index contributed by atoms with van der Waals surface area (Å²) in [6.45, 7) is 0. The van der Waals surface area contributed by atoms with Crippen LogP contribution in [-0.2, 0) is 0 Å². The highest BCUT2D eigenvalue weighted by atomic mass is 16.3. The number of rotatable bonds is 5. The minimum Gasteiger partial charge on any atom is -0.454 e. The zero-order valence-electron chi connectivity index (χ0n) is 38.9. The normalized spacial score (nSPS) is 13.7. The molecular weight excluding hydrogens is 703 g/mol. The van der Waals surface area contributed by atoms with Crippen LogP contribution in [0.25, 0.3) is 115 Å². The molecule has 0 bridgehead atoms. The van der Waals surface area contributed by atoms with E-state index in [1.807, 2.05) is 133 Å². The second kappa shape index (κ2) is 12.9. The molecule has 58 heavy (non-hydrogen) atoms. The number of para-hydroxylation sites is 3. The molecule has 2 nitrogen and oxygen atoms in total. The van der Waals surface area contributed by atoms with Crippen molar-refractivity contribution < 1.29 is 15.4 Å². The monoisotopic (exact) mass is 745 g/mol. The predicted octanol–water partition coefficient (Wildman–Crippen LogP) is 15.7. The molecule has 2 aromatic heterocycles. The molecule has 0 atom stereocenters. The van der Waals surface area contributed by atoms with Crippen molar-refractivity contribution in [3.63, 3.8) is 0 Å². The average molecular weight is 746 g/mol. The van der Waals surface area contributed by atoms with Crippen LogP contribution >= 0.6 is 0 Å². The highest BCUT2D eigenvalue weighted by Gasteiger charge is 2.23. The maximum absolute atomic E-state index is 9.79. The van der Waals surface area contributed by atoms with Crippen molar-refractivity contribution >= 4 is 65.3 Å². The zero-order chi connectivity index (χ0) is 45.1. The van der Waals surface area contributed by atoms with Crippen LogP contribution in [-0.4, -0.2) is 4.57 Å². The first-order chi connectivity index (χ1) is 32.1. The van der Waals surface area contributed by atoms with Crippen molar-refractivity contribution in [1.82, 2.24) is 4.57 Å². The summed E-state index contributed by atoms with van der Waals surface area (Å²) in [5.41, 5.74) is 8.77.